The zero-order chi connectivity index (χ0) is 22.8. The van der Waals surface area contributed by atoms with Crippen molar-refractivity contribution in [3.05, 3.63) is 11.6 Å². The number of ketones is 1. The third-order valence-corrected chi connectivity index (χ3v) is 11.0. The molecular formula is C28H46O3. The summed E-state index contributed by atoms with van der Waals surface area (Å²) in [5, 5.41) is 21.7. The quantitative estimate of drug-likeness (QED) is 0.568. The Morgan fingerprint density at radius 1 is 1.00 bits per heavy atom. The van der Waals surface area contributed by atoms with Crippen molar-refractivity contribution >= 4 is 5.78 Å². The maximum absolute atomic E-state index is 13.3. The third kappa shape index (κ3) is 3.48. The van der Waals surface area contributed by atoms with Gasteiger partial charge in [0.25, 0.3) is 0 Å². The van der Waals surface area contributed by atoms with Gasteiger partial charge in [-0.15, -0.1) is 0 Å². The summed E-state index contributed by atoms with van der Waals surface area (Å²) in [7, 11) is 0. The molecule has 176 valence electrons. The van der Waals surface area contributed by atoms with Gasteiger partial charge in [0.1, 0.15) is 5.60 Å². The summed E-state index contributed by atoms with van der Waals surface area (Å²) < 4.78 is 0. The van der Waals surface area contributed by atoms with Crippen molar-refractivity contribution in [2.75, 3.05) is 0 Å². The molecule has 3 fully saturated rings. The second-order valence-corrected chi connectivity index (χ2v) is 12.8. The van der Waals surface area contributed by atoms with Crippen LogP contribution >= 0.6 is 0 Å². The van der Waals surface area contributed by atoms with Crippen molar-refractivity contribution in [3.8, 4) is 0 Å². The molecule has 0 aromatic heterocycles. The predicted octanol–water partition coefficient (Wildman–Crippen LogP) is 5.93. The lowest BCUT2D eigenvalue weighted by Gasteiger charge is -2.60. The maximum atomic E-state index is 13.3. The van der Waals surface area contributed by atoms with Crippen LogP contribution in [0, 0.1) is 46.3 Å². The van der Waals surface area contributed by atoms with E-state index in [4.69, 9.17) is 0 Å². The number of allylic oxidation sites excluding steroid dienone is 1. The van der Waals surface area contributed by atoms with Crippen LogP contribution in [0.15, 0.2) is 11.6 Å². The van der Waals surface area contributed by atoms with Crippen LogP contribution in [0.2, 0.25) is 0 Å². The first-order valence-corrected chi connectivity index (χ1v) is 13.1. The van der Waals surface area contributed by atoms with Crippen LogP contribution in [0.4, 0.5) is 0 Å². The summed E-state index contributed by atoms with van der Waals surface area (Å²) in [6.07, 6.45) is 10.3. The van der Waals surface area contributed by atoms with E-state index in [1.165, 1.54) is 37.7 Å². The number of hydrogen-bond donors (Lipinski definition) is 2. The van der Waals surface area contributed by atoms with E-state index in [1.807, 2.05) is 6.08 Å². The molecule has 0 aromatic rings. The van der Waals surface area contributed by atoms with Gasteiger partial charge < -0.3 is 10.2 Å². The Hall–Kier alpha value is -0.670. The molecule has 2 N–H and O–H groups in total. The van der Waals surface area contributed by atoms with Gasteiger partial charge in [-0.05, 0) is 85.5 Å². The first-order valence-electron chi connectivity index (χ1n) is 13.1. The molecule has 31 heavy (non-hydrogen) atoms. The number of fused-ring (bicyclic) bond motifs is 5. The minimum atomic E-state index is -1.38. The molecule has 0 amide bonds. The molecule has 0 bridgehead atoms. The molecule has 9 atom stereocenters. The van der Waals surface area contributed by atoms with Crippen LogP contribution in [0.1, 0.15) is 99.3 Å². The Balaban J connectivity index is 1.58. The zero-order valence-electron chi connectivity index (χ0n) is 20.8. The van der Waals surface area contributed by atoms with Gasteiger partial charge in [0.05, 0.1) is 6.10 Å². The van der Waals surface area contributed by atoms with Gasteiger partial charge in [-0.3, -0.25) is 4.79 Å². The van der Waals surface area contributed by atoms with Crippen LogP contribution in [0.3, 0.4) is 0 Å². The van der Waals surface area contributed by atoms with E-state index in [-0.39, 0.29) is 23.5 Å². The Morgan fingerprint density at radius 2 is 1.71 bits per heavy atom. The fourth-order valence-corrected chi connectivity index (χ4v) is 8.38. The average Bonchev–Trinajstić information content (AvgIpc) is 3.05. The summed E-state index contributed by atoms with van der Waals surface area (Å²) in [4.78, 5) is 13.3. The average molecular weight is 431 g/mol. The first kappa shape index (κ1) is 23.5. The highest BCUT2D eigenvalue weighted by Crippen LogP contribution is 2.67. The van der Waals surface area contributed by atoms with Crippen LogP contribution in [-0.2, 0) is 4.79 Å². The molecule has 0 aliphatic heterocycles. The summed E-state index contributed by atoms with van der Waals surface area (Å²) in [5.41, 5.74) is -0.174. The van der Waals surface area contributed by atoms with Crippen molar-refractivity contribution in [2.45, 2.75) is 111 Å². The van der Waals surface area contributed by atoms with Gasteiger partial charge >= 0.3 is 0 Å². The van der Waals surface area contributed by atoms with E-state index in [0.717, 1.165) is 36.5 Å². The Kier molecular flexibility index (Phi) is 6.04. The fraction of sp³-hybridized carbons (Fsp3) is 0.893. The third-order valence-electron chi connectivity index (χ3n) is 11.0. The van der Waals surface area contributed by atoms with E-state index in [1.54, 1.807) is 0 Å². The highest BCUT2D eigenvalue weighted by molar-refractivity contribution is 5.99. The highest BCUT2D eigenvalue weighted by Gasteiger charge is 2.65. The smallest absolute Gasteiger partial charge is 0.187 e. The summed E-state index contributed by atoms with van der Waals surface area (Å²) in [6.45, 7) is 14.2. The van der Waals surface area contributed by atoms with E-state index < -0.39 is 17.1 Å². The zero-order valence-corrected chi connectivity index (χ0v) is 20.8. The number of aliphatic hydroxyl groups is 2. The topological polar surface area (TPSA) is 57.5 Å². The lowest BCUT2D eigenvalue weighted by Crippen LogP contribution is -2.64. The normalized spacial score (nSPS) is 46.7. The summed E-state index contributed by atoms with van der Waals surface area (Å²) >= 11 is 0. The predicted molar refractivity (Wildman–Crippen MR) is 125 cm³/mol. The maximum Gasteiger partial charge on any atom is 0.187 e. The van der Waals surface area contributed by atoms with E-state index in [2.05, 4.69) is 41.5 Å². The van der Waals surface area contributed by atoms with Crippen molar-refractivity contribution in [1.82, 2.24) is 0 Å². The van der Waals surface area contributed by atoms with Crippen LogP contribution in [0.5, 0.6) is 0 Å². The molecule has 0 spiro atoms. The first-order chi connectivity index (χ1) is 14.4. The Morgan fingerprint density at radius 3 is 2.39 bits per heavy atom. The minimum Gasteiger partial charge on any atom is -0.393 e. The van der Waals surface area contributed by atoms with E-state index in [0.29, 0.717) is 12.3 Å². The molecule has 3 saturated carbocycles. The number of hydrogen-bond acceptors (Lipinski definition) is 3. The van der Waals surface area contributed by atoms with E-state index >= 15 is 0 Å². The van der Waals surface area contributed by atoms with Gasteiger partial charge in [-0.2, -0.15) is 0 Å². The molecule has 0 heterocycles. The molecule has 0 saturated heterocycles. The molecular weight excluding hydrogens is 384 g/mol. The number of carbonyl (C=O) groups excluding carboxylic acids is 1. The standard InChI is InChI=1S/C28H46O3/c1-17(2)18(3)7-8-19(4)22-9-10-23-21-15-25(30)28(31)16-20(29)11-14-27(28,6)24(21)12-13-26(22,23)5/h15,17-20,22-24,29,31H,7-14,16H2,1-6H3/t18-,19+,20-,22+,23-,24-,26+,27+,28-/m0/s1. The number of rotatable bonds is 5. The molecule has 4 aliphatic rings. The van der Waals surface area contributed by atoms with Gasteiger partial charge in [0.2, 0.25) is 0 Å². The van der Waals surface area contributed by atoms with Crippen LogP contribution in [-0.4, -0.2) is 27.7 Å². The van der Waals surface area contributed by atoms with Crippen molar-refractivity contribution in [1.29, 1.82) is 0 Å². The molecule has 3 nitrogen and oxygen atoms in total. The van der Waals surface area contributed by atoms with Crippen molar-refractivity contribution in [2.24, 2.45) is 46.3 Å². The highest BCUT2D eigenvalue weighted by atomic mass is 16.3. The van der Waals surface area contributed by atoms with Crippen molar-refractivity contribution < 1.29 is 15.0 Å². The van der Waals surface area contributed by atoms with Gasteiger partial charge in [0, 0.05) is 11.8 Å². The van der Waals surface area contributed by atoms with Crippen molar-refractivity contribution in [3.63, 3.8) is 0 Å². The van der Waals surface area contributed by atoms with Crippen LogP contribution < -0.4 is 0 Å². The largest absolute Gasteiger partial charge is 0.393 e. The molecule has 0 radical (unpaired) electrons. The number of carbonyl (C=O) groups is 1. The van der Waals surface area contributed by atoms with E-state index in [9.17, 15) is 15.0 Å². The monoisotopic (exact) mass is 430 g/mol. The molecule has 0 aromatic carbocycles. The lowest BCUT2D eigenvalue weighted by molar-refractivity contribution is -0.180. The van der Waals surface area contributed by atoms with Gasteiger partial charge in [-0.1, -0.05) is 60.0 Å². The minimum absolute atomic E-state index is 0.133. The molecule has 3 heteroatoms. The van der Waals surface area contributed by atoms with Gasteiger partial charge in [-0.25, -0.2) is 0 Å². The number of aliphatic hydroxyl groups excluding tert-OH is 1. The molecule has 4 aliphatic carbocycles. The van der Waals surface area contributed by atoms with Crippen LogP contribution in [0.25, 0.3) is 0 Å². The second-order valence-electron chi connectivity index (χ2n) is 12.8. The second kappa shape index (κ2) is 7.97. The lowest BCUT2D eigenvalue weighted by atomic mass is 9.46. The van der Waals surface area contributed by atoms with Gasteiger partial charge in [0.15, 0.2) is 5.78 Å². The molecule has 4 rings (SSSR count). The Labute approximate surface area is 190 Å². The summed E-state index contributed by atoms with van der Waals surface area (Å²) in [5.74, 6) is 3.63. The summed E-state index contributed by atoms with van der Waals surface area (Å²) in [6, 6.07) is 0. The Bertz CT molecular complexity index is 741. The SMILES string of the molecule is CC(C)[C@@H](C)CC[C@@H](C)[C@H]1CC[C@H]2C3=CC(=O)[C@@]4(O)C[C@@H](O)CC[C@]4(C)[C@H]3CC[C@]12C. The molecule has 0 unspecified atom stereocenters. The fourth-order valence-electron chi connectivity index (χ4n) is 8.38.